The molecule has 0 spiro atoms. The predicted octanol–water partition coefficient (Wildman–Crippen LogP) is 5.33. The van der Waals surface area contributed by atoms with E-state index >= 15 is 0 Å². The summed E-state index contributed by atoms with van der Waals surface area (Å²) in [6.07, 6.45) is 0. The molecule has 0 aromatic heterocycles. The summed E-state index contributed by atoms with van der Waals surface area (Å²) < 4.78 is 28.0. The van der Waals surface area contributed by atoms with Crippen molar-refractivity contribution in [2.75, 3.05) is 6.54 Å². The summed E-state index contributed by atoms with van der Waals surface area (Å²) in [5.74, 6) is -0.367. The lowest BCUT2D eigenvalue weighted by Crippen LogP contribution is -2.41. The molecule has 0 bridgehead atoms. The highest BCUT2D eigenvalue weighted by atomic mass is 35.5. The van der Waals surface area contributed by atoms with Crippen molar-refractivity contribution in [1.82, 2.24) is 9.62 Å². The summed E-state index contributed by atoms with van der Waals surface area (Å²) in [5, 5.41) is 3.41. The maximum Gasteiger partial charge on any atom is 0.243 e. The van der Waals surface area contributed by atoms with E-state index in [1.54, 1.807) is 0 Å². The van der Waals surface area contributed by atoms with Crippen molar-refractivity contribution in [1.29, 1.82) is 0 Å². The largest absolute Gasteiger partial charge is 0.348 e. The Morgan fingerprint density at radius 3 is 2.18 bits per heavy atom. The van der Waals surface area contributed by atoms with E-state index in [1.165, 1.54) is 34.1 Å². The SMILES string of the molecule is Cc1cc(C)c([C@@H](C)NC(=O)CN(Cc2ccccc2)S(=O)(=O)c2ccc(Cl)cc2)cc1C. The van der Waals surface area contributed by atoms with Crippen molar-refractivity contribution in [2.24, 2.45) is 0 Å². The standard InChI is InChI=1S/C26H29ClN2O3S/c1-18-14-20(3)25(15-19(18)2)21(4)28-26(30)17-29(16-22-8-6-5-7-9-22)33(31,32)24-12-10-23(27)11-13-24/h5-15,21H,16-17H2,1-4H3,(H,28,30)/t21-/m1/s1. The number of carbonyl (C=O) groups excluding carboxylic acids is 1. The summed E-state index contributed by atoms with van der Waals surface area (Å²) in [5.41, 5.74) is 5.23. The number of rotatable bonds is 8. The predicted molar refractivity (Wildman–Crippen MR) is 133 cm³/mol. The van der Waals surface area contributed by atoms with E-state index in [0.29, 0.717) is 5.02 Å². The summed E-state index contributed by atoms with van der Waals surface area (Å²) >= 11 is 5.93. The zero-order valence-corrected chi connectivity index (χ0v) is 20.9. The molecule has 3 aromatic rings. The minimum atomic E-state index is -3.92. The molecule has 5 nitrogen and oxygen atoms in total. The monoisotopic (exact) mass is 484 g/mol. The number of amides is 1. The van der Waals surface area contributed by atoms with Gasteiger partial charge in [-0.05, 0) is 79.8 Å². The third kappa shape index (κ3) is 6.22. The van der Waals surface area contributed by atoms with Crippen molar-refractivity contribution in [3.63, 3.8) is 0 Å². The smallest absolute Gasteiger partial charge is 0.243 e. The van der Waals surface area contributed by atoms with Gasteiger partial charge in [0.05, 0.1) is 17.5 Å². The normalized spacial score (nSPS) is 12.5. The van der Waals surface area contributed by atoms with Crippen LogP contribution in [0.5, 0.6) is 0 Å². The summed E-state index contributed by atoms with van der Waals surface area (Å²) in [4.78, 5) is 13.1. The van der Waals surface area contributed by atoms with E-state index in [2.05, 4.69) is 24.4 Å². The first-order valence-electron chi connectivity index (χ1n) is 10.7. The number of hydrogen-bond donors (Lipinski definition) is 1. The highest BCUT2D eigenvalue weighted by Crippen LogP contribution is 2.23. The van der Waals surface area contributed by atoms with Crippen molar-refractivity contribution in [2.45, 2.75) is 45.2 Å². The van der Waals surface area contributed by atoms with Gasteiger partial charge in [0.2, 0.25) is 15.9 Å². The van der Waals surface area contributed by atoms with Crippen LogP contribution in [-0.2, 0) is 21.4 Å². The molecular formula is C26H29ClN2O3S. The van der Waals surface area contributed by atoms with Crippen LogP contribution in [-0.4, -0.2) is 25.2 Å². The molecule has 0 saturated heterocycles. The maximum atomic E-state index is 13.4. The minimum absolute atomic E-state index is 0.0796. The molecule has 1 amide bonds. The van der Waals surface area contributed by atoms with Crippen LogP contribution in [0.3, 0.4) is 0 Å². The van der Waals surface area contributed by atoms with E-state index in [1.807, 2.05) is 51.1 Å². The van der Waals surface area contributed by atoms with Gasteiger partial charge in [-0.25, -0.2) is 8.42 Å². The molecule has 1 N–H and O–H groups in total. The summed E-state index contributed by atoms with van der Waals surface area (Å²) in [7, 11) is -3.92. The molecule has 0 fully saturated rings. The highest BCUT2D eigenvalue weighted by molar-refractivity contribution is 7.89. The number of benzene rings is 3. The average Bonchev–Trinajstić information content (AvgIpc) is 2.76. The Morgan fingerprint density at radius 2 is 1.55 bits per heavy atom. The van der Waals surface area contributed by atoms with Crippen molar-refractivity contribution < 1.29 is 13.2 Å². The second-order valence-corrected chi connectivity index (χ2v) is 10.7. The van der Waals surface area contributed by atoms with Gasteiger partial charge in [-0.15, -0.1) is 0 Å². The Bertz CT molecular complexity index is 1230. The van der Waals surface area contributed by atoms with Crippen LogP contribution in [0, 0.1) is 20.8 Å². The van der Waals surface area contributed by atoms with Gasteiger partial charge in [-0.3, -0.25) is 4.79 Å². The van der Waals surface area contributed by atoms with Crippen LogP contribution >= 0.6 is 11.6 Å². The van der Waals surface area contributed by atoms with Gasteiger partial charge in [-0.1, -0.05) is 54.1 Å². The maximum absolute atomic E-state index is 13.4. The molecule has 174 valence electrons. The van der Waals surface area contributed by atoms with Gasteiger partial charge in [-0.2, -0.15) is 4.31 Å². The Morgan fingerprint density at radius 1 is 0.939 bits per heavy atom. The van der Waals surface area contributed by atoms with Crippen LogP contribution in [0.25, 0.3) is 0 Å². The first-order chi connectivity index (χ1) is 15.6. The van der Waals surface area contributed by atoms with Gasteiger partial charge >= 0.3 is 0 Å². The summed E-state index contributed by atoms with van der Waals surface area (Å²) in [6, 6.07) is 19.1. The Balaban J connectivity index is 1.84. The lowest BCUT2D eigenvalue weighted by molar-refractivity contribution is -0.122. The third-order valence-electron chi connectivity index (χ3n) is 5.70. The van der Waals surface area contributed by atoms with E-state index in [9.17, 15) is 13.2 Å². The number of nitrogens with zero attached hydrogens (tertiary/aromatic N) is 1. The first-order valence-corrected chi connectivity index (χ1v) is 12.6. The van der Waals surface area contributed by atoms with Gasteiger partial charge in [0.1, 0.15) is 0 Å². The van der Waals surface area contributed by atoms with Crippen LogP contribution in [0.15, 0.2) is 71.6 Å². The van der Waals surface area contributed by atoms with Gasteiger partial charge in [0.25, 0.3) is 0 Å². The molecule has 0 unspecified atom stereocenters. The Labute approximate surface area is 201 Å². The molecular weight excluding hydrogens is 456 g/mol. The molecule has 0 aliphatic rings. The van der Waals surface area contributed by atoms with Crippen molar-refractivity contribution >= 4 is 27.5 Å². The van der Waals surface area contributed by atoms with Crippen LogP contribution in [0.2, 0.25) is 5.02 Å². The Hall–Kier alpha value is -2.67. The number of nitrogens with one attached hydrogen (secondary N) is 1. The molecule has 0 radical (unpaired) electrons. The van der Waals surface area contributed by atoms with E-state index in [-0.39, 0.29) is 29.9 Å². The lowest BCUT2D eigenvalue weighted by atomic mass is 9.96. The van der Waals surface area contributed by atoms with E-state index in [0.717, 1.165) is 22.3 Å². The van der Waals surface area contributed by atoms with Crippen LogP contribution < -0.4 is 5.32 Å². The zero-order chi connectivity index (χ0) is 24.2. The fourth-order valence-electron chi connectivity index (χ4n) is 3.74. The second-order valence-electron chi connectivity index (χ2n) is 8.29. The quantitative estimate of drug-likeness (QED) is 0.469. The molecule has 0 saturated carbocycles. The van der Waals surface area contributed by atoms with Crippen molar-refractivity contribution in [3.8, 4) is 0 Å². The highest BCUT2D eigenvalue weighted by Gasteiger charge is 2.27. The first kappa shape index (κ1) is 25.0. The fraction of sp³-hybridized carbons (Fsp3) is 0.269. The van der Waals surface area contributed by atoms with Crippen molar-refractivity contribution in [3.05, 3.63) is 99.6 Å². The topological polar surface area (TPSA) is 66.5 Å². The number of halogens is 1. The molecule has 0 heterocycles. The third-order valence-corrected chi connectivity index (χ3v) is 7.76. The molecule has 0 aliphatic carbocycles. The number of carbonyl (C=O) groups is 1. The summed E-state index contributed by atoms with van der Waals surface area (Å²) in [6.45, 7) is 7.79. The average molecular weight is 485 g/mol. The molecule has 0 aliphatic heterocycles. The number of sulfonamides is 1. The van der Waals surface area contributed by atoms with E-state index in [4.69, 9.17) is 11.6 Å². The van der Waals surface area contributed by atoms with Crippen LogP contribution in [0.1, 0.15) is 40.8 Å². The lowest BCUT2D eigenvalue weighted by Gasteiger charge is -2.24. The molecule has 7 heteroatoms. The van der Waals surface area contributed by atoms with Gasteiger partial charge in [0, 0.05) is 11.6 Å². The van der Waals surface area contributed by atoms with Gasteiger partial charge in [0.15, 0.2) is 0 Å². The number of aryl methyl sites for hydroxylation is 3. The minimum Gasteiger partial charge on any atom is -0.348 e. The molecule has 1 atom stereocenters. The van der Waals surface area contributed by atoms with Crippen LogP contribution in [0.4, 0.5) is 0 Å². The fourth-order valence-corrected chi connectivity index (χ4v) is 5.25. The zero-order valence-electron chi connectivity index (χ0n) is 19.3. The molecule has 33 heavy (non-hydrogen) atoms. The molecule has 3 aromatic carbocycles. The number of hydrogen-bond acceptors (Lipinski definition) is 3. The second kappa shape index (κ2) is 10.5. The van der Waals surface area contributed by atoms with E-state index < -0.39 is 10.0 Å². The Kier molecular flexibility index (Phi) is 7.95. The molecule has 3 rings (SSSR count). The van der Waals surface area contributed by atoms with Gasteiger partial charge < -0.3 is 5.32 Å².